The van der Waals surface area contributed by atoms with Crippen LogP contribution in [0.4, 0.5) is 17.1 Å². The Balaban J connectivity index is 0.993. The van der Waals surface area contributed by atoms with Gasteiger partial charge >= 0.3 is 0 Å². The van der Waals surface area contributed by atoms with Crippen LogP contribution in [-0.4, -0.2) is 4.57 Å². The van der Waals surface area contributed by atoms with Crippen LogP contribution >= 0.6 is 0 Å². The molecule has 0 aliphatic heterocycles. The second-order valence-corrected chi connectivity index (χ2v) is 17.7. The lowest BCUT2D eigenvalue weighted by Gasteiger charge is -2.29. The van der Waals surface area contributed by atoms with E-state index >= 15 is 0 Å². The standard InChI is InChI=1S/C70H46N2O/c1-3-17-49(18-4-1)59-26-14-28-63-64-29-15-27-60(70(64)73-69(59)63)51-36-41-57(42-37-51)71(68-43-38-55(46-65(68)50-19-5-2-6-20-50)54-33-32-47-16-7-8-21-52(47)44-54)56-39-34-48(35-40-56)53-22-13-23-58(45-53)72-66-30-11-9-24-61(66)62-25-10-12-31-67(62)72/h1-46H/i1D,3D,4D,14D,15D,17D,18D,26D,27D,28D,29D,36D,37D,41D,42D. The quantitative estimate of drug-likeness (QED) is 0.144. The van der Waals surface area contributed by atoms with E-state index in [1.54, 1.807) is 4.90 Å². The van der Waals surface area contributed by atoms with Crippen molar-refractivity contribution in [1.82, 2.24) is 4.57 Å². The normalized spacial score (nSPS) is 14.4. The summed E-state index contributed by atoms with van der Waals surface area (Å²) in [7, 11) is 0. The van der Waals surface area contributed by atoms with Crippen LogP contribution in [0.15, 0.2) is 283 Å². The average molecular weight is 946 g/mol. The molecule has 3 nitrogen and oxygen atoms in total. The second kappa shape index (κ2) is 17.6. The van der Waals surface area contributed by atoms with E-state index in [-0.39, 0.29) is 16.5 Å². The Hall–Kier alpha value is -9.70. The van der Waals surface area contributed by atoms with Gasteiger partial charge in [-0.05, 0) is 116 Å². The van der Waals surface area contributed by atoms with Crippen molar-refractivity contribution in [2.24, 2.45) is 0 Å². The molecule has 0 unspecified atom stereocenters. The van der Waals surface area contributed by atoms with E-state index < -0.39 is 124 Å². The lowest BCUT2D eigenvalue weighted by atomic mass is 9.94. The van der Waals surface area contributed by atoms with Crippen molar-refractivity contribution < 1.29 is 25.0 Å². The van der Waals surface area contributed by atoms with Crippen LogP contribution < -0.4 is 4.90 Å². The molecular formula is C70H46N2O. The Morgan fingerprint density at radius 3 is 1.62 bits per heavy atom. The van der Waals surface area contributed by atoms with Gasteiger partial charge in [-0.15, -0.1) is 0 Å². The van der Waals surface area contributed by atoms with Crippen molar-refractivity contribution in [2.45, 2.75) is 0 Å². The average Bonchev–Trinajstić information content (AvgIpc) is 1.48. The molecule has 14 aromatic rings. The SMILES string of the molecule is [2H]c1c([2H])c([2H])c(-c2c([2H])c([2H])c([2H])c3c2oc2c(-c4c([2H])c([2H])c(N(c5ccc(-c6cccc(-n7c8ccccc8c8ccccc87)c6)cc5)c5ccc(-c6ccc7ccccc7c6)cc5-c5ccccc5)c([2H])c4[2H])c([2H])c([2H])c([2H])c23)c([2H])c1[2H]. The largest absolute Gasteiger partial charge is 0.455 e. The van der Waals surface area contributed by atoms with Crippen LogP contribution in [-0.2, 0) is 0 Å². The lowest BCUT2D eigenvalue weighted by molar-refractivity contribution is 0.671. The minimum Gasteiger partial charge on any atom is -0.455 e. The zero-order chi connectivity index (χ0) is 61.3. The summed E-state index contributed by atoms with van der Waals surface area (Å²) in [5.41, 5.74) is 5.92. The number of rotatable bonds is 9. The molecule has 342 valence electrons. The summed E-state index contributed by atoms with van der Waals surface area (Å²) in [5, 5.41) is 3.67. The van der Waals surface area contributed by atoms with Gasteiger partial charge in [0, 0.05) is 55.3 Å². The Morgan fingerprint density at radius 1 is 0.329 bits per heavy atom. The highest BCUT2D eigenvalue weighted by Gasteiger charge is 2.21. The molecule has 14 rings (SSSR count). The van der Waals surface area contributed by atoms with Crippen molar-refractivity contribution in [3.05, 3.63) is 279 Å². The van der Waals surface area contributed by atoms with Gasteiger partial charge in [-0.25, -0.2) is 0 Å². The Kier molecular flexibility index (Phi) is 7.11. The molecule has 0 atom stereocenters. The summed E-state index contributed by atoms with van der Waals surface area (Å²) in [6.07, 6.45) is 0. The molecule has 0 aliphatic carbocycles. The molecule has 0 radical (unpaired) electrons. The maximum absolute atomic E-state index is 10.1. The van der Waals surface area contributed by atoms with Crippen LogP contribution in [0.1, 0.15) is 20.6 Å². The predicted octanol–water partition coefficient (Wildman–Crippen LogP) is 19.6. The molecular weight excluding hydrogens is 885 g/mol. The van der Waals surface area contributed by atoms with Crippen molar-refractivity contribution in [2.75, 3.05) is 4.90 Å². The fourth-order valence-electron chi connectivity index (χ4n) is 10.1. The maximum atomic E-state index is 10.1. The smallest absolute Gasteiger partial charge is 0.143 e. The van der Waals surface area contributed by atoms with Gasteiger partial charge in [0.2, 0.25) is 0 Å². The number of anilines is 3. The molecule has 12 aromatic carbocycles. The summed E-state index contributed by atoms with van der Waals surface area (Å²) in [5.74, 6) is 0. The molecule has 0 saturated heterocycles. The van der Waals surface area contributed by atoms with Gasteiger partial charge in [0.1, 0.15) is 11.2 Å². The van der Waals surface area contributed by atoms with Gasteiger partial charge in [-0.1, -0.05) is 212 Å². The minimum absolute atomic E-state index is 0.180. The molecule has 0 spiro atoms. The summed E-state index contributed by atoms with van der Waals surface area (Å²) in [6, 6.07) is 51.7. The molecule has 73 heavy (non-hydrogen) atoms. The summed E-state index contributed by atoms with van der Waals surface area (Å²) >= 11 is 0. The number of aromatic nitrogens is 1. The number of hydrogen-bond acceptors (Lipinski definition) is 2. The first-order chi connectivity index (χ1) is 42.4. The van der Waals surface area contributed by atoms with Crippen LogP contribution in [0.3, 0.4) is 0 Å². The topological polar surface area (TPSA) is 21.3 Å². The number of para-hydroxylation sites is 4. The van der Waals surface area contributed by atoms with E-state index in [0.717, 1.165) is 66.1 Å². The van der Waals surface area contributed by atoms with Gasteiger partial charge in [0.25, 0.3) is 0 Å². The molecule has 2 heterocycles. The Morgan fingerprint density at radius 2 is 0.904 bits per heavy atom. The first-order valence-corrected chi connectivity index (χ1v) is 23.8. The lowest BCUT2D eigenvalue weighted by Crippen LogP contribution is -2.11. The Bertz CT molecular complexity index is 5180. The zero-order valence-corrected chi connectivity index (χ0v) is 38.7. The third kappa shape index (κ3) is 7.37. The summed E-state index contributed by atoms with van der Waals surface area (Å²) in [4.78, 5) is 1.68. The molecule has 0 amide bonds. The van der Waals surface area contributed by atoms with E-state index in [9.17, 15) is 8.22 Å². The van der Waals surface area contributed by atoms with Crippen molar-refractivity contribution in [3.63, 3.8) is 0 Å². The van der Waals surface area contributed by atoms with Crippen molar-refractivity contribution >= 4 is 71.6 Å². The Labute approximate surface area is 444 Å². The number of fused-ring (bicyclic) bond motifs is 7. The highest BCUT2D eigenvalue weighted by atomic mass is 16.3. The first-order valence-electron chi connectivity index (χ1n) is 31.3. The first kappa shape index (κ1) is 29.5. The van der Waals surface area contributed by atoms with E-state index in [4.69, 9.17) is 16.8 Å². The highest BCUT2D eigenvalue weighted by Crippen LogP contribution is 2.45. The third-order valence-corrected chi connectivity index (χ3v) is 13.5. The summed E-state index contributed by atoms with van der Waals surface area (Å²) in [6.45, 7) is 0. The van der Waals surface area contributed by atoms with Crippen LogP contribution in [0.25, 0.3) is 116 Å². The number of benzene rings is 12. The van der Waals surface area contributed by atoms with Crippen LogP contribution in [0.5, 0.6) is 0 Å². The highest BCUT2D eigenvalue weighted by molar-refractivity contribution is 6.13. The molecule has 0 N–H and O–H groups in total. The fraction of sp³-hybridized carbons (Fsp3) is 0. The monoisotopic (exact) mass is 945 g/mol. The van der Waals surface area contributed by atoms with Gasteiger partial charge in [0.05, 0.1) is 37.3 Å². The molecule has 0 bridgehead atoms. The molecule has 0 aliphatic rings. The van der Waals surface area contributed by atoms with E-state index in [0.29, 0.717) is 16.9 Å². The van der Waals surface area contributed by atoms with Gasteiger partial charge in [-0.3, -0.25) is 0 Å². The van der Waals surface area contributed by atoms with Crippen LogP contribution in [0.2, 0.25) is 0 Å². The van der Waals surface area contributed by atoms with Crippen LogP contribution in [0, 0.1) is 0 Å². The summed E-state index contributed by atoms with van der Waals surface area (Å²) < 4.78 is 147. The minimum atomic E-state index is -0.755. The molecule has 3 heteroatoms. The van der Waals surface area contributed by atoms with E-state index in [1.165, 1.54) is 0 Å². The van der Waals surface area contributed by atoms with E-state index in [1.807, 2.05) is 140 Å². The maximum Gasteiger partial charge on any atom is 0.143 e. The van der Waals surface area contributed by atoms with Gasteiger partial charge < -0.3 is 13.9 Å². The third-order valence-electron chi connectivity index (χ3n) is 13.5. The number of furan rings is 1. The van der Waals surface area contributed by atoms with Gasteiger partial charge in [0.15, 0.2) is 0 Å². The zero-order valence-electron chi connectivity index (χ0n) is 53.7. The number of nitrogens with zero attached hydrogens (tertiary/aromatic N) is 2. The van der Waals surface area contributed by atoms with Crippen molar-refractivity contribution in [1.29, 1.82) is 0 Å². The fourth-order valence-corrected chi connectivity index (χ4v) is 10.1. The van der Waals surface area contributed by atoms with Crippen molar-refractivity contribution in [3.8, 4) is 61.3 Å². The van der Waals surface area contributed by atoms with Gasteiger partial charge in [-0.2, -0.15) is 0 Å². The molecule has 0 saturated carbocycles. The predicted molar refractivity (Wildman–Crippen MR) is 307 cm³/mol. The number of hydrogen-bond donors (Lipinski definition) is 0. The van der Waals surface area contributed by atoms with E-state index in [2.05, 4.69) is 53.1 Å². The molecule has 2 aromatic heterocycles. The molecule has 0 fully saturated rings. The second-order valence-electron chi connectivity index (χ2n) is 17.7.